The van der Waals surface area contributed by atoms with Crippen LogP contribution in [0.3, 0.4) is 0 Å². The Morgan fingerprint density at radius 3 is 2.08 bits per heavy atom. The van der Waals surface area contributed by atoms with Gasteiger partial charge in [-0.2, -0.15) is 0 Å². The zero-order chi connectivity index (χ0) is 17.9. The third-order valence-electron chi connectivity index (χ3n) is 3.91. The van der Waals surface area contributed by atoms with Crippen molar-refractivity contribution < 1.29 is 19.1 Å². The minimum absolute atomic E-state index is 0.193. The molecule has 1 aromatic carbocycles. The van der Waals surface area contributed by atoms with Crippen molar-refractivity contribution in [3.63, 3.8) is 0 Å². The molecular formula is C19H21NO4. The Balaban J connectivity index is 2.74. The first kappa shape index (κ1) is 17.5. The number of benzene rings is 1. The third kappa shape index (κ3) is 3.11. The Morgan fingerprint density at radius 2 is 1.58 bits per heavy atom. The summed E-state index contributed by atoms with van der Waals surface area (Å²) in [6.45, 7) is 7.66. The molecule has 24 heavy (non-hydrogen) atoms. The highest BCUT2D eigenvalue weighted by Crippen LogP contribution is 2.35. The molecule has 126 valence electrons. The summed E-state index contributed by atoms with van der Waals surface area (Å²) in [6.07, 6.45) is 0. The number of aromatic amines is 1. The second-order valence-corrected chi connectivity index (χ2v) is 5.59. The van der Waals surface area contributed by atoms with Crippen LogP contribution < -0.4 is 0 Å². The molecule has 2 aromatic rings. The largest absolute Gasteiger partial charge is 0.465 e. The quantitative estimate of drug-likeness (QED) is 0.673. The van der Waals surface area contributed by atoms with Crippen molar-refractivity contribution in [3.05, 3.63) is 70.6 Å². The monoisotopic (exact) mass is 327 g/mol. The Hall–Kier alpha value is -2.82. The molecular weight excluding hydrogens is 306 g/mol. The van der Waals surface area contributed by atoms with E-state index in [0.717, 1.165) is 11.1 Å². The molecule has 1 atom stereocenters. The van der Waals surface area contributed by atoms with Gasteiger partial charge in [0.2, 0.25) is 0 Å². The number of H-pyrrole nitrogens is 1. The molecule has 1 N–H and O–H groups in total. The van der Waals surface area contributed by atoms with Crippen LogP contribution in [0.2, 0.25) is 0 Å². The predicted molar refractivity (Wildman–Crippen MR) is 91.3 cm³/mol. The molecule has 0 spiro atoms. The van der Waals surface area contributed by atoms with E-state index in [1.165, 1.54) is 14.2 Å². The van der Waals surface area contributed by atoms with Crippen molar-refractivity contribution in [2.45, 2.75) is 19.8 Å². The first-order valence-electron chi connectivity index (χ1n) is 7.51. The summed E-state index contributed by atoms with van der Waals surface area (Å²) in [5.41, 5.74) is 3.33. The summed E-state index contributed by atoms with van der Waals surface area (Å²) in [5.74, 6) is -1.43. The number of allylic oxidation sites excluding steroid dienone is 1. The van der Waals surface area contributed by atoms with E-state index in [1.54, 1.807) is 6.92 Å². The summed E-state index contributed by atoms with van der Waals surface area (Å²) < 4.78 is 9.72. The van der Waals surface area contributed by atoms with E-state index in [2.05, 4.69) is 11.6 Å². The summed E-state index contributed by atoms with van der Waals surface area (Å²) in [4.78, 5) is 27.7. The standard InChI is InChI=1S/C19H21NO4/c1-11(2)14(13-9-7-6-8-10-13)17-16(19(22)24-5)15(12(3)20-17)18(21)23-4/h6-10,14,20H,1H2,2-5H3. The maximum Gasteiger partial charge on any atom is 0.340 e. The lowest BCUT2D eigenvalue weighted by Crippen LogP contribution is -2.14. The fourth-order valence-corrected chi connectivity index (χ4v) is 2.88. The average Bonchev–Trinajstić information content (AvgIpc) is 2.91. The molecule has 0 bridgehead atoms. The molecule has 5 nitrogen and oxygen atoms in total. The van der Waals surface area contributed by atoms with E-state index < -0.39 is 11.9 Å². The van der Waals surface area contributed by atoms with Gasteiger partial charge in [0.05, 0.1) is 25.3 Å². The van der Waals surface area contributed by atoms with Crippen LogP contribution in [0.1, 0.15) is 50.5 Å². The lowest BCUT2D eigenvalue weighted by atomic mass is 9.87. The molecule has 2 rings (SSSR count). The summed E-state index contributed by atoms with van der Waals surface area (Å²) in [6, 6.07) is 9.66. The van der Waals surface area contributed by atoms with Crippen LogP contribution in [0.4, 0.5) is 0 Å². The van der Waals surface area contributed by atoms with E-state index in [4.69, 9.17) is 9.47 Å². The number of aryl methyl sites for hydroxylation is 1. The number of rotatable bonds is 5. The smallest absolute Gasteiger partial charge is 0.340 e. The second kappa shape index (κ2) is 7.17. The first-order valence-corrected chi connectivity index (χ1v) is 7.51. The Kier molecular flexibility index (Phi) is 5.24. The van der Waals surface area contributed by atoms with Gasteiger partial charge in [-0.1, -0.05) is 42.5 Å². The Labute approximate surface area is 141 Å². The van der Waals surface area contributed by atoms with Gasteiger partial charge in [-0.05, 0) is 19.4 Å². The van der Waals surface area contributed by atoms with E-state index in [0.29, 0.717) is 11.4 Å². The number of carbonyl (C=O) groups excluding carboxylic acids is 2. The fourth-order valence-electron chi connectivity index (χ4n) is 2.88. The molecule has 5 heteroatoms. The molecule has 1 heterocycles. The van der Waals surface area contributed by atoms with Crippen molar-refractivity contribution in [2.24, 2.45) is 0 Å². The Bertz CT molecular complexity index is 774. The number of esters is 2. The first-order chi connectivity index (χ1) is 11.4. The van der Waals surface area contributed by atoms with Gasteiger partial charge in [0.15, 0.2) is 0 Å². The lowest BCUT2D eigenvalue weighted by molar-refractivity contribution is 0.0555. The zero-order valence-electron chi connectivity index (χ0n) is 14.3. The van der Waals surface area contributed by atoms with Gasteiger partial charge >= 0.3 is 11.9 Å². The number of methoxy groups -OCH3 is 2. The molecule has 0 fully saturated rings. The number of nitrogens with one attached hydrogen (secondary N) is 1. The van der Waals surface area contributed by atoms with Crippen LogP contribution in [0.5, 0.6) is 0 Å². The van der Waals surface area contributed by atoms with Gasteiger partial charge in [-0.3, -0.25) is 0 Å². The molecule has 0 aliphatic heterocycles. The molecule has 0 radical (unpaired) electrons. The SMILES string of the molecule is C=C(C)C(c1ccccc1)c1[nH]c(C)c(C(=O)OC)c1C(=O)OC. The van der Waals surface area contributed by atoms with Crippen molar-refractivity contribution >= 4 is 11.9 Å². The molecule has 0 aliphatic rings. The van der Waals surface area contributed by atoms with Gasteiger partial charge in [0, 0.05) is 17.3 Å². The van der Waals surface area contributed by atoms with Gasteiger partial charge in [-0.25, -0.2) is 9.59 Å². The summed E-state index contributed by atoms with van der Waals surface area (Å²) >= 11 is 0. The molecule has 1 aromatic heterocycles. The topological polar surface area (TPSA) is 68.4 Å². The van der Waals surface area contributed by atoms with Crippen molar-refractivity contribution in [2.75, 3.05) is 14.2 Å². The molecule has 1 unspecified atom stereocenters. The minimum Gasteiger partial charge on any atom is -0.465 e. The van der Waals surface area contributed by atoms with E-state index >= 15 is 0 Å². The van der Waals surface area contributed by atoms with Crippen LogP contribution in [-0.2, 0) is 9.47 Å². The number of hydrogen-bond acceptors (Lipinski definition) is 4. The minimum atomic E-state index is -0.586. The highest BCUT2D eigenvalue weighted by molar-refractivity contribution is 6.05. The van der Waals surface area contributed by atoms with Gasteiger partial charge < -0.3 is 14.5 Å². The third-order valence-corrected chi connectivity index (χ3v) is 3.91. The van der Waals surface area contributed by atoms with E-state index in [1.807, 2.05) is 37.3 Å². The van der Waals surface area contributed by atoms with Gasteiger partial charge in [0.25, 0.3) is 0 Å². The van der Waals surface area contributed by atoms with Crippen LogP contribution in [0.15, 0.2) is 42.5 Å². The summed E-state index contributed by atoms with van der Waals surface area (Å²) in [7, 11) is 2.57. The Morgan fingerprint density at radius 1 is 1.04 bits per heavy atom. The van der Waals surface area contributed by atoms with Crippen molar-refractivity contribution in [1.82, 2.24) is 4.98 Å². The van der Waals surface area contributed by atoms with E-state index in [9.17, 15) is 9.59 Å². The highest BCUT2D eigenvalue weighted by Gasteiger charge is 2.31. The molecule has 0 aliphatic carbocycles. The number of carbonyl (C=O) groups is 2. The molecule has 0 saturated heterocycles. The predicted octanol–water partition coefficient (Wildman–Crippen LogP) is 3.60. The maximum absolute atomic E-state index is 12.4. The number of hydrogen-bond donors (Lipinski definition) is 1. The molecule has 0 saturated carbocycles. The van der Waals surface area contributed by atoms with Gasteiger partial charge in [-0.15, -0.1) is 0 Å². The van der Waals surface area contributed by atoms with E-state index in [-0.39, 0.29) is 17.0 Å². The summed E-state index contributed by atoms with van der Waals surface area (Å²) in [5, 5.41) is 0. The van der Waals surface area contributed by atoms with Crippen LogP contribution >= 0.6 is 0 Å². The highest BCUT2D eigenvalue weighted by atomic mass is 16.5. The average molecular weight is 327 g/mol. The maximum atomic E-state index is 12.4. The normalized spacial score (nSPS) is 11.7. The van der Waals surface area contributed by atoms with Crippen LogP contribution in [0, 0.1) is 6.92 Å². The number of aromatic nitrogens is 1. The fraction of sp³-hybridized carbons (Fsp3) is 0.263. The van der Waals surface area contributed by atoms with Crippen LogP contribution in [-0.4, -0.2) is 31.1 Å². The molecule has 0 amide bonds. The van der Waals surface area contributed by atoms with Crippen molar-refractivity contribution in [3.8, 4) is 0 Å². The number of ether oxygens (including phenoxy) is 2. The lowest BCUT2D eigenvalue weighted by Gasteiger charge is -2.18. The zero-order valence-corrected chi connectivity index (χ0v) is 14.3. The van der Waals surface area contributed by atoms with Crippen molar-refractivity contribution in [1.29, 1.82) is 0 Å². The second-order valence-electron chi connectivity index (χ2n) is 5.59. The van der Waals surface area contributed by atoms with Gasteiger partial charge in [0.1, 0.15) is 0 Å². The van der Waals surface area contributed by atoms with Crippen LogP contribution in [0.25, 0.3) is 0 Å².